The first kappa shape index (κ1) is 12.4. The van der Waals surface area contributed by atoms with Crippen molar-refractivity contribution in [2.24, 2.45) is 0 Å². The van der Waals surface area contributed by atoms with Crippen LogP contribution in [0.25, 0.3) is 5.57 Å². The Bertz CT molecular complexity index is 1400. The molecule has 0 spiro atoms. The van der Waals surface area contributed by atoms with Gasteiger partial charge in [0.15, 0.2) is 0 Å². The Morgan fingerprint density at radius 3 is 2.60 bits per heavy atom. The van der Waals surface area contributed by atoms with Crippen molar-refractivity contribution in [2.75, 3.05) is 53.7 Å². The Balaban J connectivity index is 1.88. The molecule has 0 amide bonds. The number of hydrogen-bond donors (Lipinski definition) is 0. The van der Waals surface area contributed by atoms with E-state index in [-0.39, 0.29) is 11.1 Å². The largest absolute Gasteiger partial charge is 0.304 e. The Morgan fingerprint density at radius 1 is 1.10 bits per heavy atom. The number of piperazine rings is 1. The van der Waals surface area contributed by atoms with Gasteiger partial charge < -0.3 is 9.80 Å². The van der Waals surface area contributed by atoms with Crippen LogP contribution in [0.3, 0.4) is 0 Å². The second-order valence-electron chi connectivity index (χ2n) is 7.13. The van der Waals surface area contributed by atoms with E-state index in [2.05, 4.69) is 0 Å². The first-order valence-corrected chi connectivity index (χ1v) is 11.7. The number of rotatable bonds is 5. The molecular formula is C23H29N3O2S2. The maximum absolute atomic E-state index is 13.4. The minimum absolute atomic E-state index is 0.221. The fourth-order valence-electron chi connectivity index (χ4n) is 3.39. The highest BCUT2D eigenvalue weighted by Gasteiger charge is 2.25. The van der Waals surface area contributed by atoms with Gasteiger partial charge in [-0.05, 0) is 54.4 Å². The van der Waals surface area contributed by atoms with Crippen molar-refractivity contribution < 1.29 is 22.1 Å². The summed E-state index contributed by atoms with van der Waals surface area (Å²) in [6.07, 6.45) is -1.40. The highest BCUT2D eigenvalue weighted by Crippen LogP contribution is 2.46. The van der Waals surface area contributed by atoms with E-state index in [1.807, 2.05) is 11.9 Å². The molecule has 5 nitrogen and oxygen atoms in total. The van der Waals surface area contributed by atoms with E-state index in [4.69, 9.17) is 13.7 Å². The van der Waals surface area contributed by atoms with E-state index < -0.39 is 46.0 Å². The smallest absolute Gasteiger partial charge is 0.242 e. The third-order valence-electron chi connectivity index (χ3n) is 5.12. The Kier molecular flexibility index (Phi) is 3.66. The quantitative estimate of drug-likeness (QED) is 0.592. The summed E-state index contributed by atoms with van der Waals surface area (Å²) in [5.41, 5.74) is 0.980. The molecule has 1 fully saturated rings. The zero-order valence-electron chi connectivity index (χ0n) is 26.4. The van der Waals surface area contributed by atoms with Crippen LogP contribution in [0.4, 0.5) is 0 Å². The summed E-state index contributed by atoms with van der Waals surface area (Å²) in [4.78, 5) is 4.13. The number of hydrogen-bond acceptors (Lipinski definition) is 5. The summed E-state index contributed by atoms with van der Waals surface area (Å²) in [5, 5.41) is 0. The minimum Gasteiger partial charge on any atom is -0.304 e. The summed E-state index contributed by atoms with van der Waals surface area (Å²) < 4.78 is 107. The fourth-order valence-corrected chi connectivity index (χ4v) is 5.19. The molecule has 0 saturated carbocycles. The van der Waals surface area contributed by atoms with Crippen LogP contribution in [-0.2, 0) is 10.0 Å². The third-order valence-corrected chi connectivity index (χ3v) is 7.60. The normalized spacial score (nSPS) is 25.9. The summed E-state index contributed by atoms with van der Waals surface area (Å²) >= 11 is 1.28. The molecular weight excluding hydrogens is 414 g/mol. The highest BCUT2D eigenvalue weighted by atomic mass is 32.2. The molecule has 4 rings (SSSR count). The standard InChI is InChI=1S/C23H29N3O2S2/c1-24(2)30(27,28)18-10-11-23-21(17-18)19(20-7-4-5-9-22(20)29-23)8-6-12-26-15-13-25(3)14-16-26/h4-5,7-11,17H,6,12-16H2,1-3H3/b19-8-/i1D3,2D3,6D2,12D2. The zero-order valence-corrected chi connectivity index (χ0v) is 18.1. The highest BCUT2D eigenvalue weighted by molar-refractivity contribution is 7.99. The molecule has 2 aliphatic rings. The van der Waals surface area contributed by atoms with Gasteiger partial charge in [-0.3, -0.25) is 0 Å². The minimum atomic E-state index is -5.05. The molecule has 0 aliphatic carbocycles. The molecule has 2 aliphatic heterocycles. The van der Waals surface area contributed by atoms with Crippen LogP contribution in [0, 0.1) is 0 Å². The van der Waals surface area contributed by atoms with Crippen LogP contribution in [0.15, 0.2) is 63.2 Å². The second kappa shape index (κ2) is 8.85. The molecule has 7 heteroatoms. The first-order valence-electron chi connectivity index (χ1n) is 14.4. The molecule has 2 heterocycles. The van der Waals surface area contributed by atoms with Gasteiger partial charge in [-0.1, -0.05) is 36.0 Å². The van der Waals surface area contributed by atoms with Gasteiger partial charge in [0.1, 0.15) is 0 Å². The third kappa shape index (κ3) is 4.36. The van der Waals surface area contributed by atoms with Crippen LogP contribution in [-0.4, -0.2) is 76.2 Å². The molecule has 1 saturated heterocycles. The SMILES string of the molecule is [2H]C([2H])([2H])N(C([2H])([2H])[2H])S(=O)(=O)c1ccc2c(c1)/C(=C\C([2H])([2H])C([2H])([2H])N1CCN(C)CC1)c1ccccc1S2. The molecule has 2 aromatic carbocycles. The van der Waals surface area contributed by atoms with Crippen molar-refractivity contribution in [3.63, 3.8) is 0 Å². The fraction of sp³-hybridized carbons (Fsp3) is 0.391. The van der Waals surface area contributed by atoms with Crippen LogP contribution in [0.1, 0.15) is 31.2 Å². The predicted octanol–water partition coefficient (Wildman–Crippen LogP) is 3.47. The lowest BCUT2D eigenvalue weighted by Crippen LogP contribution is -2.44. The lowest BCUT2D eigenvalue weighted by atomic mass is 9.96. The average Bonchev–Trinajstić information content (AvgIpc) is 2.81. The van der Waals surface area contributed by atoms with Crippen LogP contribution in [0.2, 0.25) is 0 Å². The van der Waals surface area contributed by atoms with E-state index in [1.165, 1.54) is 22.7 Å². The molecule has 0 aromatic heterocycles. The van der Waals surface area contributed by atoms with Gasteiger partial charge >= 0.3 is 0 Å². The number of benzene rings is 2. The monoisotopic (exact) mass is 453 g/mol. The van der Waals surface area contributed by atoms with E-state index in [9.17, 15) is 8.42 Å². The Hall–Kier alpha value is -1.64. The van der Waals surface area contributed by atoms with Gasteiger partial charge in [0.05, 0.1) is 4.90 Å². The number of fused-ring (bicyclic) bond motifs is 2. The molecule has 0 radical (unpaired) electrons. The molecule has 160 valence electrons. The maximum atomic E-state index is 13.4. The number of sulfonamides is 1. The zero-order chi connectivity index (χ0) is 29.9. The van der Waals surface area contributed by atoms with Crippen molar-refractivity contribution in [3.8, 4) is 0 Å². The van der Waals surface area contributed by atoms with E-state index in [0.717, 1.165) is 23.1 Å². The molecule has 30 heavy (non-hydrogen) atoms. The maximum Gasteiger partial charge on any atom is 0.242 e. The van der Waals surface area contributed by atoms with Crippen LogP contribution >= 0.6 is 11.8 Å². The van der Waals surface area contributed by atoms with Crippen molar-refractivity contribution in [1.29, 1.82) is 0 Å². The lowest BCUT2D eigenvalue weighted by molar-refractivity contribution is 0.156. The number of likely N-dealkylation sites (N-methyl/N-ethyl adjacent to an activating group) is 1. The summed E-state index contributed by atoms with van der Waals surface area (Å²) in [6.45, 7) is -7.62. The number of nitrogens with zero attached hydrogens (tertiary/aromatic N) is 3. The van der Waals surface area contributed by atoms with Gasteiger partial charge in [0, 0.05) is 70.1 Å². The van der Waals surface area contributed by atoms with Crippen LogP contribution in [0.5, 0.6) is 0 Å². The second-order valence-corrected chi connectivity index (χ2v) is 10.0. The van der Waals surface area contributed by atoms with Crippen molar-refractivity contribution in [1.82, 2.24) is 14.1 Å². The summed E-state index contributed by atoms with van der Waals surface area (Å²) in [6, 6.07) is 10.7. The summed E-state index contributed by atoms with van der Waals surface area (Å²) in [5.74, 6) is 0. The van der Waals surface area contributed by atoms with Gasteiger partial charge in [0.25, 0.3) is 0 Å². The lowest BCUT2D eigenvalue weighted by Gasteiger charge is -2.32. The van der Waals surface area contributed by atoms with E-state index in [0.29, 0.717) is 36.6 Å². The van der Waals surface area contributed by atoms with Crippen molar-refractivity contribution in [3.05, 3.63) is 59.7 Å². The Morgan fingerprint density at radius 2 is 1.83 bits per heavy atom. The van der Waals surface area contributed by atoms with Crippen molar-refractivity contribution in [2.45, 2.75) is 21.1 Å². The first-order chi connectivity index (χ1) is 18.3. The topological polar surface area (TPSA) is 43.9 Å². The van der Waals surface area contributed by atoms with Gasteiger partial charge in [-0.25, -0.2) is 12.7 Å². The van der Waals surface area contributed by atoms with E-state index in [1.54, 1.807) is 24.3 Å². The predicted molar refractivity (Wildman–Crippen MR) is 124 cm³/mol. The van der Waals surface area contributed by atoms with Gasteiger partial charge in [0.2, 0.25) is 10.0 Å². The molecule has 0 bridgehead atoms. The van der Waals surface area contributed by atoms with Crippen molar-refractivity contribution >= 4 is 27.4 Å². The molecule has 0 unspecified atom stereocenters. The molecule has 0 N–H and O–H groups in total. The summed E-state index contributed by atoms with van der Waals surface area (Å²) in [7, 11) is -3.15. The van der Waals surface area contributed by atoms with E-state index >= 15 is 0 Å². The Labute approximate surface area is 198 Å². The average molecular weight is 454 g/mol. The van der Waals surface area contributed by atoms with Gasteiger partial charge in [-0.2, -0.15) is 0 Å². The molecule has 0 atom stereocenters. The van der Waals surface area contributed by atoms with Crippen LogP contribution < -0.4 is 0 Å². The van der Waals surface area contributed by atoms with Gasteiger partial charge in [-0.15, -0.1) is 0 Å². The molecule has 2 aromatic rings.